The molecule has 0 bridgehead atoms. The van der Waals surface area contributed by atoms with Crippen molar-refractivity contribution in [3.8, 4) is 5.75 Å². The van der Waals surface area contributed by atoms with E-state index in [2.05, 4.69) is 0 Å². The van der Waals surface area contributed by atoms with Crippen LogP contribution in [0.1, 0.15) is 17.2 Å². The van der Waals surface area contributed by atoms with E-state index in [0.29, 0.717) is 6.54 Å². The minimum Gasteiger partial charge on any atom is -0.497 e. The number of hydrogen-bond acceptors (Lipinski definition) is 3. The summed E-state index contributed by atoms with van der Waals surface area (Å²) in [6.07, 6.45) is 0.446. The molecule has 2 rings (SSSR count). The quantitative estimate of drug-likeness (QED) is 0.732. The third kappa shape index (κ3) is 1.38. The predicted molar refractivity (Wildman–Crippen MR) is 54.2 cm³/mol. The number of fused-ring (bicyclic) bond motifs is 1. The largest absolute Gasteiger partial charge is 0.497 e. The van der Waals surface area contributed by atoms with Gasteiger partial charge in [-0.3, -0.25) is 0 Å². The first kappa shape index (κ1) is 9.49. The second-order valence-electron chi connectivity index (χ2n) is 3.71. The average molecular weight is 193 g/mol. The van der Waals surface area contributed by atoms with Gasteiger partial charge >= 0.3 is 0 Å². The van der Waals surface area contributed by atoms with Gasteiger partial charge in [0.2, 0.25) is 0 Å². The number of aliphatic hydroxyl groups is 1. The highest BCUT2D eigenvalue weighted by molar-refractivity contribution is 5.40. The molecule has 1 aliphatic rings. The van der Waals surface area contributed by atoms with E-state index < -0.39 is 6.10 Å². The summed E-state index contributed by atoms with van der Waals surface area (Å²) in [5, 5.41) is 9.93. The zero-order chi connectivity index (χ0) is 10.1. The predicted octanol–water partition coefficient (Wildman–Crippen LogP) is 0.860. The molecular weight excluding hydrogens is 178 g/mol. The molecule has 0 saturated carbocycles. The van der Waals surface area contributed by atoms with Gasteiger partial charge in [0.05, 0.1) is 13.2 Å². The van der Waals surface area contributed by atoms with Crippen LogP contribution in [0.3, 0.4) is 0 Å². The maximum Gasteiger partial charge on any atom is 0.119 e. The Morgan fingerprint density at radius 3 is 3.00 bits per heavy atom. The van der Waals surface area contributed by atoms with Crippen LogP contribution in [0.15, 0.2) is 18.2 Å². The highest BCUT2D eigenvalue weighted by Gasteiger charge is 2.29. The van der Waals surface area contributed by atoms with Gasteiger partial charge in [0.25, 0.3) is 0 Å². The van der Waals surface area contributed by atoms with Crippen LogP contribution in [-0.4, -0.2) is 18.8 Å². The molecule has 0 spiro atoms. The summed E-state index contributed by atoms with van der Waals surface area (Å²) in [6, 6.07) is 5.83. The fraction of sp³-hybridized carbons (Fsp3) is 0.455. The number of methoxy groups -OCH3 is 1. The minimum absolute atomic E-state index is 0.164. The van der Waals surface area contributed by atoms with Crippen molar-refractivity contribution >= 4 is 0 Å². The van der Waals surface area contributed by atoms with Crippen molar-refractivity contribution in [3.63, 3.8) is 0 Å². The van der Waals surface area contributed by atoms with Gasteiger partial charge in [-0.15, -0.1) is 0 Å². The van der Waals surface area contributed by atoms with Crippen molar-refractivity contribution in [1.29, 1.82) is 0 Å². The fourth-order valence-electron chi connectivity index (χ4n) is 2.02. The molecule has 2 unspecified atom stereocenters. The molecule has 1 aliphatic carbocycles. The number of rotatable bonds is 2. The van der Waals surface area contributed by atoms with Crippen molar-refractivity contribution < 1.29 is 9.84 Å². The molecule has 76 valence electrons. The van der Waals surface area contributed by atoms with Crippen molar-refractivity contribution in [2.24, 2.45) is 11.7 Å². The fourth-order valence-corrected chi connectivity index (χ4v) is 2.02. The van der Waals surface area contributed by atoms with E-state index in [1.807, 2.05) is 18.2 Å². The molecule has 0 aliphatic heterocycles. The third-order valence-corrected chi connectivity index (χ3v) is 2.90. The maximum absolute atomic E-state index is 9.93. The van der Waals surface area contributed by atoms with Crippen LogP contribution in [0.2, 0.25) is 0 Å². The molecule has 0 aromatic heterocycles. The second kappa shape index (κ2) is 3.59. The maximum atomic E-state index is 9.93. The Balaban J connectivity index is 2.35. The first-order valence-corrected chi connectivity index (χ1v) is 4.81. The first-order chi connectivity index (χ1) is 6.76. The van der Waals surface area contributed by atoms with Crippen LogP contribution in [0.4, 0.5) is 0 Å². The molecule has 0 radical (unpaired) electrons. The molecule has 2 atom stereocenters. The summed E-state index contributed by atoms with van der Waals surface area (Å²) < 4.78 is 5.11. The number of aliphatic hydroxyl groups excluding tert-OH is 1. The Labute approximate surface area is 83.5 Å². The van der Waals surface area contributed by atoms with Gasteiger partial charge in [0, 0.05) is 5.92 Å². The Morgan fingerprint density at radius 2 is 2.36 bits per heavy atom. The first-order valence-electron chi connectivity index (χ1n) is 4.81. The normalized spacial score (nSPS) is 24.8. The van der Waals surface area contributed by atoms with Crippen LogP contribution in [0, 0.1) is 5.92 Å². The summed E-state index contributed by atoms with van der Waals surface area (Å²) >= 11 is 0. The van der Waals surface area contributed by atoms with E-state index in [1.165, 1.54) is 5.56 Å². The Kier molecular flexibility index (Phi) is 2.44. The van der Waals surface area contributed by atoms with Gasteiger partial charge in [0.1, 0.15) is 5.75 Å². The van der Waals surface area contributed by atoms with Gasteiger partial charge in [-0.1, -0.05) is 6.07 Å². The van der Waals surface area contributed by atoms with Gasteiger partial charge in [-0.05, 0) is 36.2 Å². The summed E-state index contributed by atoms with van der Waals surface area (Å²) in [6.45, 7) is 0.526. The van der Waals surface area contributed by atoms with Crippen molar-refractivity contribution in [1.82, 2.24) is 0 Å². The van der Waals surface area contributed by atoms with E-state index in [1.54, 1.807) is 7.11 Å². The highest BCUT2D eigenvalue weighted by Crippen LogP contribution is 2.37. The lowest BCUT2D eigenvalue weighted by Crippen LogP contribution is -2.18. The molecular formula is C11H15NO2. The monoisotopic (exact) mass is 193 g/mol. The second-order valence-corrected chi connectivity index (χ2v) is 3.71. The number of hydrogen-bond donors (Lipinski definition) is 2. The van der Waals surface area contributed by atoms with E-state index in [9.17, 15) is 5.11 Å². The van der Waals surface area contributed by atoms with Gasteiger partial charge in [-0.2, -0.15) is 0 Å². The molecule has 3 nitrogen and oxygen atoms in total. The third-order valence-electron chi connectivity index (χ3n) is 2.90. The van der Waals surface area contributed by atoms with E-state index in [0.717, 1.165) is 17.7 Å². The number of benzene rings is 1. The Hall–Kier alpha value is -1.06. The van der Waals surface area contributed by atoms with Crippen molar-refractivity contribution in [3.05, 3.63) is 29.3 Å². The minimum atomic E-state index is -0.426. The highest BCUT2D eigenvalue weighted by atomic mass is 16.5. The summed E-state index contributed by atoms with van der Waals surface area (Å²) in [4.78, 5) is 0. The standard InChI is InChI=1S/C11H15NO2/c1-14-9-3-2-7-4-8(6-12)11(13)10(7)5-9/h2-3,5,8,11,13H,4,6,12H2,1H3. The smallest absolute Gasteiger partial charge is 0.119 e. The van der Waals surface area contributed by atoms with Crippen LogP contribution in [0.25, 0.3) is 0 Å². The molecule has 0 saturated heterocycles. The summed E-state index contributed by atoms with van der Waals surface area (Å²) in [7, 11) is 1.63. The zero-order valence-electron chi connectivity index (χ0n) is 8.23. The number of nitrogens with two attached hydrogens (primary N) is 1. The molecule has 0 amide bonds. The van der Waals surface area contributed by atoms with Crippen LogP contribution in [-0.2, 0) is 6.42 Å². The molecule has 1 aromatic rings. The van der Waals surface area contributed by atoms with Crippen LogP contribution < -0.4 is 10.5 Å². The van der Waals surface area contributed by atoms with E-state index in [-0.39, 0.29) is 5.92 Å². The van der Waals surface area contributed by atoms with E-state index >= 15 is 0 Å². The molecule has 14 heavy (non-hydrogen) atoms. The van der Waals surface area contributed by atoms with Crippen molar-refractivity contribution in [2.75, 3.05) is 13.7 Å². The molecule has 1 aromatic carbocycles. The molecule has 3 heteroatoms. The van der Waals surface area contributed by atoms with Crippen molar-refractivity contribution in [2.45, 2.75) is 12.5 Å². The number of ether oxygens (including phenoxy) is 1. The molecule has 0 heterocycles. The SMILES string of the molecule is COc1ccc2c(c1)C(O)C(CN)C2. The Morgan fingerprint density at radius 1 is 1.57 bits per heavy atom. The van der Waals surface area contributed by atoms with Gasteiger partial charge in [-0.25, -0.2) is 0 Å². The lowest BCUT2D eigenvalue weighted by molar-refractivity contribution is 0.127. The van der Waals surface area contributed by atoms with Gasteiger partial charge in [0.15, 0.2) is 0 Å². The Bertz CT molecular complexity index is 338. The van der Waals surface area contributed by atoms with Crippen LogP contribution in [0.5, 0.6) is 5.75 Å². The summed E-state index contributed by atoms with van der Waals surface area (Å²) in [5.74, 6) is 0.956. The average Bonchev–Trinajstić information content (AvgIpc) is 2.55. The van der Waals surface area contributed by atoms with Crippen LogP contribution >= 0.6 is 0 Å². The molecule has 0 fully saturated rings. The summed E-state index contributed by atoms with van der Waals surface area (Å²) in [5.41, 5.74) is 7.74. The van der Waals surface area contributed by atoms with E-state index in [4.69, 9.17) is 10.5 Å². The lowest BCUT2D eigenvalue weighted by atomic mass is 10.0. The zero-order valence-corrected chi connectivity index (χ0v) is 8.23. The van der Waals surface area contributed by atoms with Gasteiger partial charge < -0.3 is 15.6 Å². The molecule has 3 N–H and O–H groups in total. The topological polar surface area (TPSA) is 55.5 Å². The lowest BCUT2D eigenvalue weighted by Gasteiger charge is -2.11.